The van der Waals surface area contributed by atoms with Gasteiger partial charge in [-0.25, -0.2) is 9.97 Å². The Morgan fingerprint density at radius 3 is 2.43 bits per heavy atom. The number of hydrogen-bond donors (Lipinski definition) is 1. The quantitative estimate of drug-likeness (QED) is 0.669. The molecule has 0 aromatic carbocycles. The van der Waals surface area contributed by atoms with Crippen molar-refractivity contribution in [2.75, 3.05) is 45.2 Å². The first-order chi connectivity index (χ1) is 10.1. The van der Waals surface area contributed by atoms with E-state index in [9.17, 15) is 0 Å². The highest BCUT2D eigenvalue weighted by Gasteiger charge is 2.11. The number of nitrogens with zero attached hydrogens (tertiary/aromatic N) is 4. The molecule has 1 rings (SSSR count). The lowest BCUT2D eigenvalue weighted by molar-refractivity contribution is 0.411. The number of nitrogens with one attached hydrogen (secondary N) is 1. The Morgan fingerprint density at radius 1 is 1.10 bits per heavy atom. The Bertz CT molecular complexity index is 406. The summed E-state index contributed by atoms with van der Waals surface area (Å²) < 4.78 is 0. The summed E-state index contributed by atoms with van der Waals surface area (Å²) in [6.45, 7) is 11.3. The molecule has 1 aromatic heterocycles. The van der Waals surface area contributed by atoms with Gasteiger partial charge in [0.1, 0.15) is 0 Å². The lowest BCUT2D eigenvalue weighted by Crippen LogP contribution is -2.33. The number of likely N-dealkylation sites (N-methyl/N-ethyl adjacent to an activating group) is 1. The van der Waals surface area contributed by atoms with Crippen LogP contribution < -0.4 is 10.2 Å². The van der Waals surface area contributed by atoms with Crippen LogP contribution in [-0.4, -0.2) is 55.1 Å². The minimum atomic E-state index is 0.853. The third kappa shape index (κ3) is 6.40. The summed E-state index contributed by atoms with van der Waals surface area (Å²) in [5.74, 6) is 0.857. The van der Waals surface area contributed by atoms with Gasteiger partial charge in [0.25, 0.3) is 0 Å². The monoisotopic (exact) mass is 293 g/mol. The van der Waals surface area contributed by atoms with E-state index >= 15 is 0 Å². The molecule has 0 radical (unpaired) electrons. The fraction of sp³-hybridized carbons (Fsp3) is 0.750. The van der Waals surface area contributed by atoms with Crippen LogP contribution >= 0.6 is 0 Å². The van der Waals surface area contributed by atoms with E-state index < -0.39 is 0 Å². The van der Waals surface area contributed by atoms with Gasteiger partial charge in [-0.15, -0.1) is 0 Å². The highest BCUT2D eigenvalue weighted by Crippen LogP contribution is 2.12. The predicted molar refractivity (Wildman–Crippen MR) is 89.8 cm³/mol. The molecule has 0 unspecified atom stereocenters. The highest BCUT2D eigenvalue weighted by atomic mass is 15.3. The number of rotatable bonds is 10. The molecule has 0 fully saturated rings. The normalized spacial score (nSPS) is 11.1. The second-order valence-electron chi connectivity index (χ2n) is 5.75. The van der Waals surface area contributed by atoms with Gasteiger partial charge in [0.05, 0.1) is 0 Å². The molecule has 1 N–H and O–H groups in total. The van der Waals surface area contributed by atoms with Crippen LogP contribution in [0.5, 0.6) is 0 Å². The molecule has 0 aliphatic rings. The van der Waals surface area contributed by atoms with E-state index in [0.717, 1.165) is 57.2 Å². The van der Waals surface area contributed by atoms with E-state index in [1.54, 1.807) is 0 Å². The van der Waals surface area contributed by atoms with Gasteiger partial charge in [-0.3, -0.25) is 0 Å². The maximum absolute atomic E-state index is 4.71. The van der Waals surface area contributed by atoms with Crippen molar-refractivity contribution >= 4 is 5.95 Å². The molecule has 0 atom stereocenters. The van der Waals surface area contributed by atoms with E-state index in [-0.39, 0.29) is 0 Å². The second kappa shape index (κ2) is 9.68. The lowest BCUT2D eigenvalue weighted by Gasteiger charge is -2.24. The predicted octanol–water partition coefficient (Wildman–Crippen LogP) is 2.06. The number of aromatic nitrogens is 2. The zero-order valence-corrected chi connectivity index (χ0v) is 14.3. The molecule has 1 heterocycles. The molecule has 0 spiro atoms. The summed E-state index contributed by atoms with van der Waals surface area (Å²) in [6, 6.07) is 0. The third-order valence-corrected chi connectivity index (χ3v) is 3.40. The molecule has 0 aliphatic carbocycles. The van der Waals surface area contributed by atoms with Gasteiger partial charge < -0.3 is 15.1 Å². The largest absolute Gasteiger partial charge is 0.340 e. The number of aryl methyl sites for hydroxylation is 1. The van der Waals surface area contributed by atoms with Crippen LogP contribution in [-0.2, 0) is 6.54 Å². The average Bonchev–Trinajstić information content (AvgIpc) is 2.45. The molecule has 0 amide bonds. The fourth-order valence-electron chi connectivity index (χ4n) is 2.11. The first-order valence-corrected chi connectivity index (χ1v) is 8.01. The van der Waals surface area contributed by atoms with Crippen molar-refractivity contribution < 1.29 is 0 Å². The van der Waals surface area contributed by atoms with Gasteiger partial charge in [0.2, 0.25) is 5.95 Å². The van der Waals surface area contributed by atoms with Crippen molar-refractivity contribution in [3.05, 3.63) is 17.5 Å². The Morgan fingerprint density at radius 2 is 1.86 bits per heavy atom. The van der Waals surface area contributed by atoms with Gasteiger partial charge >= 0.3 is 0 Å². The molecule has 0 saturated heterocycles. The molecule has 5 heteroatoms. The standard InChI is InChI=1S/C16H31N5/c1-6-8-17-12-15-13-18-16(19-14(15)3)21(9-7-2)11-10-20(4)5/h13,17H,6-12H2,1-5H3. The summed E-state index contributed by atoms with van der Waals surface area (Å²) in [5, 5.41) is 3.41. The van der Waals surface area contributed by atoms with Crippen molar-refractivity contribution in [1.29, 1.82) is 0 Å². The molecule has 0 saturated carbocycles. The zero-order chi connectivity index (χ0) is 15.7. The molecule has 5 nitrogen and oxygen atoms in total. The maximum Gasteiger partial charge on any atom is 0.225 e. The average molecular weight is 293 g/mol. The smallest absolute Gasteiger partial charge is 0.225 e. The van der Waals surface area contributed by atoms with Crippen molar-refractivity contribution in [3.8, 4) is 0 Å². The van der Waals surface area contributed by atoms with E-state index in [1.165, 1.54) is 5.56 Å². The van der Waals surface area contributed by atoms with Crippen LogP contribution in [0.4, 0.5) is 5.95 Å². The van der Waals surface area contributed by atoms with Crippen molar-refractivity contribution in [1.82, 2.24) is 20.2 Å². The molecular formula is C16H31N5. The molecular weight excluding hydrogens is 262 g/mol. The van der Waals surface area contributed by atoms with E-state index in [0.29, 0.717) is 0 Å². The molecule has 120 valence electrons. The van der Waals surface area contributed by atoms with Gasteiger partial charge in [-0.05, 0) is 40.4 Å². The maximum atomic E-state index is 4.71. The highest BCUT2D eigenvalue weighted by molar-refractivity contribution is 5.32. The topological polar surface area (TPSA) is 44.3 Å². The van der Waals surface area contributed by atoms with Crippen LogP contribution in [0.15, 0.2) is 6.20 Å². The van der Waals surface area contributed by atoms with E-state index in [4.69, 9.17) is 4.98 Å². The Labute approximate surface area is 129 Å². The Balaban J connectivity index is 2.72. The summed E-state index contributed by atoms with van der Waals surface area (Å²) in [6.07, 6.45) is 4.22. The van der Waals surface area contributed by atoms with Crippen molar-refractivity contribution in [2.24, 2.45) is 0 Å². The summed E-state index contributed by atoms with van der Waals surface area (Å²) >= 11 is 0. The molecule has 0 bridgehead atoms. The molecule has 0 aliphatic heterocycles. The van der Waals surface area contributed by atoms with Crippen molar-refractivity contribution in [2.45, 2.75) is 40.2 Å². The first kappa shape index (κ1) is 17.9. The Kier molecular flexibility index (Phi) is 8.23. The SMILES string of the molecule is CCCNCc1cnc(N(CCC)CCN(C)C)nc1C. The van der Waals surface area contributed by atoms with Crippen molar-refractivity contribution in [3.63, 3.8) is 0 Å². The zero-order valence-electron chi connectivity index (χ0n) is 14.3. The Hall–Kier alpha value is -1.20. The number of anilines is 1. The molecule has 1 aromatic rings. The minimum Gasteiger partial charge on any atom is -0.340 e. The summed E-state index contributed by atoms with van der Waals surface area (Å²) in [5.41, 5.74) is 2.27. The fourth-order valence-corrected chi connectivity index (χ4v) is 2.11. The van der Waals surface area contributed by atoms with Crippen LogP contribution in [0.1, 0.15) is 37.9 Å². The van der Waals surface area contributed by atoms with Gasteiger partial charge in [-0.1, -0.05) is 13.8 Å². The van der Waals surface area contributed by atoms with Crippen LogP contribution in [0.25, 0.3) is 0 Å². The van der Waals surface area contributed by atoms with E-state index in [2.05, 4.69) is 55.0 Å². The minimum absolute atomic E-state index is 0.853. The second-order valence-corrected chi connectivity index (χ2v) is 5.75. The van der Waals surface area contributed by atoms with Gasteiger partial charge in [0.15, 0.2) is 0 Å². The van der Waals surface area contributed by atoms with Gasteiger partial charge in [-0.2, -0.15) is 0 Å². The molecule has 21 heavy (non-hydrogen) atoms. The van der Waals surface area contributed by atoms with Crippen LogP contribution in [0.3, 0.4) is 0 Å². The van der Waals surface area contributed by atoms with Crippen LogP contribution in [0, 0.1) is 6.92 Å². The third-order valence-electron chi connectivity index (χ3n) is 3.40. The van der Waals surface area contributed by atoms with Crippen LogP contribution in [0.2, 0.25) is 0 Å². The van der Waals surface area contributed by atoms with Gasteiger partial charge in [0, 0.05) is 43.6 Å². The van der Waals surface area contributed by atoms with E-state index in [1.807, 2.05) is 6.20 Å². The first-order valence-electron chi connectivity index (χ1n) is 8.01. The summed E-state index contributed by atoms with van der Waals surface area (Å²) in [4.78, 5) is 13.7. The number of hydrogen-bond acceptors (Lipinski definition) is 5. The lowest BCUT2D eigenvalue weighted by atomic mass is 10.2. The summed E-state index contributed by atoms with van der Waals surface area (Å²) in [7, 11) is 4.19.